The third-order valence-corrected chi connectivity index (χ3v) is 6.15. The summed E-state index contributed by atoms with van der Waals surface area (Å²) < 4.78 is 0. The molecule has 0 saturated carbocycles. The summed E-state index contributed by atoms with van der Waals surface area (Å²) in [6, 6.07) is 7.28. The molecular weight excluding hydrogens is 256 g/mol. The summed E-state index contributed by atoms with van der Waals surface area (Å²) >= 11 is 0. The molecule has 101 valence electrons. The Labute approximate surface area is 115 Å². The van der Waals surface area contributed by atoms with Crippen molar-refractivity contribution in [1.82, 2.24) is 0 Å². The molecule has 0 aliphatic rings. The molecule has 0 aliphatic heterocycles. The van der Waals surface area contributed by atoms with Crippen LogP contribution in [0.3, 0.4) is 0 Å². The highest BCUT2D eigenvalue weighted by Gasteiger charge is 2.22. The molecule has 4 heteroatoms. The fourth-order valence-corrected chi connectivity index (χ4v) is 2.98. The Hall–Kier alpha value is -1.65. The molecule has 1 rings (SSSR count). The predicted octanol–water partition coefficient (Wildman–Crippen LogP) is 3.08. The molecule has 0 aliphatic carbocycles. The zero-order chi connectivity index (χ0) is 14.5. The van der Waals surface area contributed by atoms with E-state index in [1.54, 1.807) is 26.0 Å². The number of hydrogen-bond acceptors (Lipinski definition) is 3. The van der Waals surface area contributed by atoms with E-state index in [0.29, 0.717) is 11.7 Å². The molecule has 3 nitrogen and oxygen atoms in total. The molecule has 0 N–H and O–H groups in total. The first-order chi connectivity index (χ1) is 8.92. The van der Waals surface area contributed by atoms with Crippen molar-refractivity contribution in [2.75, 3.05) is 0 Å². The van der Waals surface area contributed by atoms with E-state index >= 15 is 0 Å². The van der Waals surface area contributed by atoms with Gasteiger partial charge in [-0.1, -0.05) is 35.3 Å². The molecule has 0 aromatic heterocycles. The quantitative estimate of drug-likeness (QED) is 0.455. The van der Waals surface area contributed by atoms with Gasteiger partial charge in [0.2, 0.25) is 0 Å². The second-order valence-electron chi connectivity index (χ2n) is 4.63. The maximum Gasteiger partial charge on any atom is 0.373 e. The summed E-state index contributed by atoms with van der Waals surface area (Å²) in [4.78, 5) is 21.1. The molecule has 19 heavy (non-hydrogen) atoms. The summed E-state index contributed by atoms with van der Waals surface area (Å²) in [6.07, 6.45) is 0.572. The molecule has 1 aromatic carbocycles. The van der Waals surface area contributed by atoms with Crippen LogP contribution in [0.15, 0.2) is 48.8 Å². The van der Waals surface area contributed by atoms with Gasteiger partial charge in [0, 0.05) is 0 Å². The van der Waals surface area contributed by atoms with Gasteiger partial charge in [-0.25, -0.2) is 4.79 Å². The fraction of sp³-hybridized carbons (Fsp3) is 0.200. The van der Waals surface area contributed by atoms with Crippen LogP contribution in [0.1, 0.15) is 24.2 Å². The summed E-state index contributed by atoms with van der Waals surface area (Å²) in [5.41, 5.74) is 4.35. The van der Waals surface area contributed by atoms with Gasteiger partial charge in [-0.05, 0) is 26.0 Å². The van der Waals surface area contributed by atoms with Crippen LogP contribution in [0.5, 0.6) is 0 Å². The van der Waals surface area contributed by atoms with Crippen LogP contribution in [0.25, 0.3) is 0 Å². The van der Waals surface area contributed by atoms with Crippen molar-refractivity contribution < 1.29 is 14.6 Å². The van der Waals surface area contributed by atoms with Crippen LogP contribution in [-0.4, -0.2) is 14.0 Å². The number of carbonyl (C=O) groups is 1. The Kier molecular flexibility index (Phi) is 5.27. The Morgan fingerprint density at radius 2 is 1.63 bits per heavy atom. The van der Waals surface area contributed by atoms with Crippen LogP contribution < -0.4 is 5.19 Å². The summed E-state index contributed by atoms with van der Waals surface area (Å²) in [6.45, 7) is 13.3. The molecule has 0 atom stereocenters. The van der Waals surface area contributed by atoms with E-state index in [-0.39, 0.29) is 0 Å². The molecule has 0 fully saturated rings. The number of hydrogen-bond donors (Lipinski definition) is 0. The third kappa shape index (κ3) is 3.91. The van der Waals surface area contributed by atoms with Gasteiger partial charge in [-0.3, -0.25) is 4.89 Å². The van der Waals surface area contributed by atoms with E-state index in [4.69, 9.17) is 4.89 Å². The maximum absolute atomic E-state index is 11.7. The third-order valence-electron chi connectivity index (χ3n) is 2.87. The second-order valence-corrected chi connectivity index (χ2v) is 8.59. The highest BCUT2D eigenvalue weighted by Crippen LogP contribution is 2.09. The SMILES string of the molecule is C=C[Si](C)(C=C)c1ccc(C(=O)OO[C](C)C)cc1. The molecule has 0 unspecified atom stereocenters. The molecule has 0 saturated heterocycles. The fourth-order valence-electron chi connectivity index (χ4n) is 1.45. The van der Waals surface area contributed by atoms with Crippen LogP contribution in [0, 0.1) is 6.10 Å². The van der Waals surface area contributed by atoms with Gasteiger partial charge in [0.25, 0.3) is 0 Å². The number of rotatable bonds is 6. The summed E-state index contributed by atoms with van der Waals surface area (Å²) in [5, 5.41) is 1.15. The predicted molar refractivity (Wildman–Crippen MR) is 79.2 cm³/mol. The zero-order valence-corrected chi connectivity index (χ0v) is 12.6. The van der Waals surface area contributed by atoms with Crippen LogP contribution in [0.2, 0.25) is 6.55 Å². The van der Waals surface area contributed by atoms with Crippen molar-refractivity contribution in [2.45, 2.75) is 20.4 Å². The molecule has 0 amide bonds. The van der Waals surface area contributed by atoms with E-state index in [1.807, 2.05) is 23.5 Å². The van der Waals surface area contributed by atoms with Gasteiger partial charge in [-0.2, -0.15) is 4.89 Å². The lowest BCUT2D eigenvalue weighted by atomic mass is 10.2. The Morgan fingerprint density at radius 3 is 2.05 bits per heavy atom. The van der Waals surface area contributed by atoms with Gasteiger partial charge < -0.3 is 0 Å². The topological polar surface area (TPSA) is 35.5 Å². The first-order valence-corrected chi connectivity index (χ1v) is 8.65. The van der Waals surface area contributed by atoms with Gasteiger partial charge in [0.05, 0.1) is 5.56 Å². The van der Waals surface area contributed by atoms with Gasteiger partial charge >= 0.3 is 5.97 Å². The largest absolute Gasteiger partial charge is 0.373 e. The van der Waals surface area contributed by atoms with E-state index in [0.717, 1.165) is 5.19 Å². The van der Waals surface area contributed by atoms with Crippen molar-refractivity contribution in [2.24, 2.45) is 0 Å². The van der Waals surface area contributed by atoms with Crippen molar-refractivity contribution >= 4 is 19.2 Å². The monoisotopic (exact) mass is 275 g/mol. The number of carbonyl (C=O) groups excluding carboxylic acids is 1. The zero-order valence-electron chi connectivity index (χ0n) is 11.6. The van der Waals surface area contributed by atoms with Gasteiger partial charge in [0.1, 0.15) is 14.2 Å². The summed E-state index contributed by atoms with van der Waals surface area (Å²) in [5.74, 6) is -0.506. The first kappa shape index (κ1) is 15.4. The molecule has 0 spiro atoms. The minimum atomic E-state index is -1.83. The average Bonchev–Trinajstić information content (AvgIpc) is 2.44. The van der Waals surface area contributed by atoms with Crippen molar-refractivity contribution in [3.8, 4) is 0 Å². The highest BCUT2D eigenvalue weighted by molar-refractivity contribution is 6.98. The van der Waals surface area contributed by atoms with E-state index < -0.39 is 14.0 Å². The molecule has 1 radical (unpaired) electrons. The Balaban J connectivity index is 2.84. The van der Waals surface area contributed by atoms with Crippen molar-refractivity contribution in [1.29, 1.82) is 0 Å². The van der Waals surface area contributed by atoms with Crippen LogP contribution in [-0.2, 0) is 9.78 Å². The Bertz CT molecular complexity index is 455. The van der Waals surface area contributed by atoms with E-state index in [1.165, 1.54) is 0 Å². The molecule has 1 aromatic rings. The van der Waals surface area contributed by atoms with Crippen molar-refractivity contribution in [3.63, 3.8) is 0 Å². The second kappa shape index (κ2) is 6.50. The Morgan fingerprint density at radius 1 is 1.11 bits per heavy atom. The van der Waals surface area contributed by atoms with Crippen LogP contribution in [0.4, 0.5) is 0 Å². The number of benzene rings is 1. The van der Waals surface area contributed by atoms with Gasteiger partial charge in [-0.15, -0.1) is 13.2 Å². The smallest absolute Gasteiger partial charge is 0.292 e. The van der Waals surface area contributed by atoms with E-state index in [2.05, 4.69) is 24.6 Å². The van der Waals surface area contributed by atoms with Crippen LogP contribution >= 0.6 is 0 Å². The lowest BCUT2D eigenvalue weighted by Crippen LogP contribution is -2.40. The normalized spacial score (nSPS) is 11.2. The van der Waals surface area contributed by atoms with Gasteiger partial charge in [0.15, 0.2) is 0 Å². The average molecular weight is 275 g/mol. The first-order valence-electron chi connectivity index (χ1n) is 5.99. The summed E-state index contributed by atoms with van der Waals surface area (Å²) in [7, 11) is -1.83. The standard InChI is InChI=1S/C15H19O3Si/c1-6-19(5,7-2)14-10-8-13(9-11-14)15(16)18-17-12(3)4/h6-11H,1-2H2,3-5H3. The minimum Gasteiger partial charge on any atom is -0.292 e. The molecular formula is C15H19O3Si. The maximum atomic E-state index is 11.7. The minimum absolute atomic E-state index is 0.453. The lowest BCUT2D eigenvalue weighted by Gasteiger charge is -2.19. The van der Waals surface area contributed by atoms with E-state index in [9.17, 15) is 4.79 Å². The lowest BCUT2D eigenvalue weighted by molar-refractivity contribution is -0.229. The molecule has 0 bridgehead atoms. The highest BCUT2D eigenvalue weighted by atomic mass is 28.3. The van der Waals surface area contributed by atoms with Crippen molar-refractivity contribution in [3.05, 3.63) is 60.5 Å². The molecule has 0 heterocycles.